The third-order valence-electron chi connectivity index (χ3n) is 4.29. The van der Waals surface area contributed by atoms with E-state index in [-0.39, 0.29) is 17.9 Å². The van der Waals surface area contributed by atoms with Gasteiger partial charge in [-0.05, 0) is 31.4 Å². The fraction of sp³-hybridized carbons (Fsp3) is 0.389. The van der Waals surface area contributed by atoms with Crippen LogP contribution in [0.5, 0.6) is 0 Å². The van der Waals surface area contributed by atoms with E-state index in [2.05, 4.69) is 20.2 Å². The number of hydrogen-bond donors (Lipinski definition) is 1. The number of hydrogen-bond acceptors (Lipinski definition) is 4. The summed E-state index contributed by atoms with van der Waals surface area (Å²) in [5.41, 5.74) is 1.12. The maximum Gasteiger partial charge on any atom is 0.225 e. The lowest BCUT2D eigenvalue weighted by atomic mass is 9.96. The molecule has 1 fully saturated rings. The van der Waals surface area contributed by atoms with E-state index in [1.165, 1.54) is 0 Å². The number of aromatic nitrogens is 2. The maximum atomic E-state index is 12.6. The predicted octanol–water partition coefficient (Wildman–Crippen LogP) is 2.57. The molecule has 23 heavy (non-hydrogen) atoms. The van der Waals surface area contributed by atoms with Gasteiger partial charge in [0.15, 0.2) is 0 Å². The van der Waals surface area contributed by atoms with Crippen LogP contribution < -0.4 is 10.2 Å². The monoisotopic (exact) mass is 310 g/mol. The highest BCUT2D eigenvalue weighted by Crippen LogP contribution is 2.21. The van der Waals surface area contributed by atoms with Crippen molar-refractivity contribution in [1.29, 1.82) is 0 Å². The van der Waals surface area contributed by atoms with Gasteiger partial charge >= 0.3 is 0 Å². The summed E-state index contributed by atoms with van der Waals surface area (Å²) in [5.74, 6) is 0.807. The Balaban J connectivity index is 1.61. The number of benzene rings is 1. The normalized spacial score (nSPS) is 19.2. The highest BCUT2D eigenvalue weighted by atomic mass is 16.2. The molecule has 1 aliphatic rings. The van der Waals surface area contributed by atoms with Crippen molar-refractivity contribution < 1.29 is 4.79 Å². The van der Waals surface area contributed by atoms with Crippen LogP contribution in [0.15, 0.2) is 48.8 Å². The van der Waals surface area contributed by atoms with Crippen molar-refractivity contribution in [3.63, 3.8) is 0 Å². The molecule has 2 heterocycles. The van der Waals surface area contributed by atoms with E-state index in [9.17, 15) is 4.79 Å². The third-order valence-corrected chi connectivity index (χ3v) is 4.29. The van der Waals surface area contributed by atoms with Gasteiger partial charge in [-0.2, -0.15) is 0 Å². The summed E-state index contributed by atoms with van der Waals surface area (Å²) < 4.78 is 0. The average Bonchev–Trinajstić information content (AvgIpc) is 2.63. The van der Waals surface area contributed by atoms with Crippen molar-refractivity contribution in [2.45, 2.75) is 25.8 Å². The molecule has 2 aromatic rings. The number of amides is 1. The largest absolute Gasteiger partial charge is 0.349 e. The molecule has 120 valence electrons. The quantitative estimate of drug-likeness (QED) is 0.943. The first-order chi connectivity index (χ1) is 11.2. The minimum absolute atomic E-state index is 0.0151. The van der Waals surface area contributed by atoms with Crippen LogP contribution in [0.25, 0.3) is 0 Å². The zero-order chi connectivity index (χ0) is 16.1. The van der Waals surface area contributed by atoms with Gasteiger partial charge in [0.25, 0.3) is 0 Å². The highest BCUT2D eigenvalue weighted by Gasteiger charge is 2.27. The van der Waals surface area contributed by atoms with Crippen LogP contribution in [0.4, 0.5) is 5.95 Å². The Kier molecular flexibility index (Phi) is 4.86. The van der Waals surface area contributed by atoms with Crippen LogP contribution >= 0.6 is 0 Å². The van der Waals surface area contributed by atoms with Crippen LogP contribution in [0.1, 0.15) is 31.4 Å². The number of carbonyl (C=O) groups excluding carboxylic acids is 1. The van der Waals surface area contributed by atoms with Gasteiger partial charge in [0.05, 0.1) is 12.0 Å². The third kappa shape index (κ3) is 3.86. The lowest BCUT2D eigenvalue weighted by molar-refractivity contribution is -0.125. The Hall–Kier alpha value is -2.43. The molecular weight excluding hydrogens is 288 g/mol. The van der Waals surface area contributed by atoms with Crippen LogP contribution in [0.3, 0.4) is 0 Å². The highest BCUT2D eigenvalue weighted by molar-refractivity contribution is 5.80. The summed E-state index contributed by atoms with van der Waals surface area (Å²) in [4.78, 5) is 23.3. The molecule has 1 aromatic heterocycles. The predicted molar refractivity (Wildman–Crippen MR) is 90.0 cm³/mol. The summed E-state index contributed by atoms with van der Waals surface area (Å²) in [6.07, 6.45) is 5.37. The second kappa shape index (κ2) is 7.22. The van der Waals surface area contributed by atoms with Crippen molar-refractivity contribution in [3.8, 4) is 0 Å². The first-order valence-corrected chi connectivity index (χ1v) is 8.11. The molecule has 1 amide bonds. The molecule has 1 saturated heterocycles. The molecule has 1 N–H and O–H groups in total. The minimum atomic E-state index is -0.0151. The van der Waals surface area contributed by atoms with Gasteiger partial charge in [-0.25, -0.2) is 9.97 Å². The van der Waals surface area contributed by atoms with E-state index in [4.69, 9.17) is 0 Å². The van der Waals surface area contributed by atoms with E-state index in [0.717, 1.165) is 24.9 Å². The zero-order valence-electron chi connectivity index (χ0n) is 13.4. The molecule has 0 saturated carbocycles. The summed E-state index contributed by atoms with van der Waals surface area (Å²) in [5, 5.41) is 3.13. The number of nitrogens with zero attached hydrogens (tertiary/aromatic N) is 3. The standard InChI is InChI=1S/C18H22N4O/c1-14(15-7-3-2-4-8-15)21-17(23)16-9-5-12-22(13-16)18-19-10-6-11-20-18/h2-4,6-8,10-11,14,16H,5,9,12-13H2,1H3,(H,21,23). The molecule has 1 aromatic carbocycles. The van der Waals surface area contributed by atoms with Gasteiger partial charge < -0.3 is 10.2 Å². The number of carbonyl (C=O) groups is 1. The molecular formula is C18H22N4O. The maximum absolute atomic E-state index is 12.6. The van der Waals surface area contributed by atoms with Gasteiger partial charge in [0, 0.05) is 25.5 Å². The number of piperidine rings is 1. The molecule has 2 unspecified atom stereocenters. The number of anilines is 1. The van der Waals surface area contributed by atoms with Gasteiger partial charge in [-0.1, -0.05) is 30.3 Å². The minimum Gasteiger partial charge on any atom is -0.349 e. The Morgan fingerprint density at radius 3 is 2.70 bits per heavy atom. The van der Waals surface area contributed by atoms with E-state index < -0.39 is 0 Å². The molecule has 5 nitrogen and oxygen atoms in total. The van der Waals surface area contributed by atoms with E-state index in [1.54, 1.807) is 18.5 Å². The Morgan fingerprint density at radius 1 is 1.22 bits per heavy atom. The summed E-state index contributed by atoms with van der Waals surface area (Å²) in [6, 6.07) is 11.9. The Morgan fingerprint density at radius 2 is 1.96 bits per heavy atom. The second-order valence-corrected chi connectivity index (χ2v) is 5.97. The van der Waals surface area contributed by atoms with Crippen molar-refractivity contribution in [3.05, 3.63) is 54.4 Å². The smallest absolute Gasteiger partial charge is 0.225 e. The molecule has 1 aliphatic heterocycles. The van der Waals surface area contributed by atoms with Crippen molar-refractivity contribution >= 4 is 11.9 Å². The van der Waals surface area contributed by atoms with Gasteiger partial charge in [0.2, 0.25) is 11.9 Å². The molecule has 0 bridgehead atoms. The van der Waals surface area contributed by atoms with Crippen molar-refractivity contribution in [1.82, 2.24) is 15.3 Å². The molecule has 0 aliphatic carbocycles. The fourth-order valence-corrected chi connectivity index (χ4v) is 2.98. The van der Waals surface area contributed by atoms with Gasteiger partial charge in [0.1, 0.15) is 0 Å². The first kappa shape index (κ1) is 15.5. The van der Waals surface area contributed by atoms with E-state index in [1.807, 2.05) is 37.3 Å². The SMILES string of the molecule is CC(NC(=O)C1CCCN(c2ncccn2)C1)c1ccccc1. The summed E-state index contributed by atoms with van der Waals surface area (Å²) >= 11 is 0. The summed E-state index contributed by atoms with van der Waals surface area (Å²) in [6.45, 7) is 3.60. The molecule has 5 heteroatoms. The van der Waals surface area contributed by atoms with Crippen molar-refractivity contribution in [2.24, 2.45) is 5.92 Å². The van der Waals surface area contributed by atoms with Gasteiger partial charge in [-0.15, -0.1) is 0 Å². The van der Waals surface area contributed by atoms with Crippen LogP contribution in [0, 0.1) is 5.92 Å². The fourth-order valence-electron chi connectivity index (χ4n) is 2.98. The Labute approximate surface area is 136 Å². The van der Waals surface area contributed by atoms with Gasteiger partial charge in [-0.3, -0.25) is 4.79 Å². The van der Waals surface area contributed by atoms with Crippen LogP contribution in [0.2, 0.25) is 0 Å². The lowest BCUT2D eigenvalue weighted by Crippen LogP contribution is -2.44. The lowest BCUT2D eigenvalue weighted by Gasteiger charge is -2.32. The summed E-state index contributed by atoms with van der Waals surface area (Å²) in [7, 11) is 0. The molecule has 3 rings (SSSR count). The second-order valence-electron chi connectivity index (χ2n) is 5.97. The molecule has 2 atom stereocenters. The Bertz CT molecular complexity index is 632. The number of nitrogens with one attached hydrogen (secondary N) is 1. The van der Waals surface area contributed by atoms with Crippen molar-refractivity contribution in [2.75, 3.05) is 18.0 Å². The molecule has 0 radical (unpaired) electrons. The van der Waals surface area contributed by atoms with E-state index in [0.29, 0.717) is 12.5 Å². The topological polar surface area (TPSA) is 58.1 Å². The average molecular weight is 310 g/mol. The van der Waals surface area contributed by atoms with Crippen LogP contribution in [-0.4, -0.2) is 29.0 Å². The van der Waals surface area contributed by atoms with E-state index >= 15 is 0 Å². The molecule has 0 spiro atoms. The number of rotatable bonds is 4. The zero-order valence-corrected chi connectivity index (χ0v) is 13.4. The van der Waals surface area contributed by atoms with Crippen LogP contribution in [-0.2, 0) is 4.79 Å². The first-order valence-electron chi connectivity index (χ1n) is 8.11.